The quantitative estimate of drug-likeness (QED) is 0.720. The molecule has 1 unspecified atom stereocenters. The zero-order valence-corrected chi connectivity index (χ0v) is 13.0. The van der Waals surface area contributed by atoms with Crippen LogP contribution in [-0.4, -0.2) is 23.7 Å². The molecule has 1 amide bonds. The van der Waals surface area contributed by atoms with Gasteiger partial charge in [-0.2, -0.15) is 0 Å². The molecule has 0 aliphatic heterocycles. The molecule has 0 fully saturated rings. The van der Waals surface area contributed by atoms with Crippen LogP contribution in [0.4, 0.5) is 0 Å². The molecule has 0 spiro atoms. The Hall–Kier alpha value is -0.870. The van der Waals surface area contributed by atoms with Crippen molar-refractivity contribution in [2.75, 3.05) is 6.54 Å². The van der Waals surface area contributed by atoms with Crippen molar-refractivity contribution >= 4 is 17.2 Å². The minimum absolute atomic E-state index is 0.0210. The lowest BCUT2D eigenvalue weighted by atomic mass is 10.1. The molecule has 0 saturated carbocycles. The second-order valence-electron chi connectivity index (χ2n) is 4.91. The topological polar surface area (TPSA) is 49.3 Å². The van der Waals surface area contributed by atoms with Crippen molar-refractivity contribution in [2.24, 2.45) is 0 Å². The van der Waals surface area contributed by atoms with Crippen LogP contribution in [0, 0.1) is 0 Å². The fourth-order valence-corrected chi connectivity index (χ4v) is 3.27. The van der Waals surface area contributed by atoms with E-state index >= 15 is 0 Å². The van der Waals surface area contributed by atoms with E-state index < -0.39 is 0 Å². The van der Waals surface area contributed by atoms with E-state index in [9.17, 15) is 4.79 Å². The summed E-state index contributed by atoms with van der Waals surface area (Å²) in [4.78, 5) is 14.2. The van der Waals surface area contributed by atoms with Gasteiger partial charge in [0.2, 0.25) is 0 Å². The first-order valence-electron chi connectivity index (χ1n) is 7.16. The Labute approximate surface area is 120 Å². The molecule has 0 saturated heterocycles. The summed E-state index contributed by atoms with van der Waals surface area (Å²) in [6.45, 7) is 6.69. The molecule has 0 aliphatic rings. The van der Waals surface area contributed by atoms with Crippen LogP contribution in [0.15, 0.2) is 6.07 Å². The van der Waals surface area contributed by atoms with Gasteiger partial charge in [-0.25, -0.2) is 0 Å². The van der Waals surface area contributed by atoms with Gasteiger partial charge in [-0.3, -0.25) is 4.79 Å². The van der Waals surface area contributed by atoms with E-state index in [1.165, 1.54) is 10.4 Å². The molecule has 19 heavy (non-hydrogen) atoms. The van der Waals surface area contributed by atoms with E-state index in [1.807, 2.05) is 6.07 Å². The van der Waals surface area contributed by atoms with E-state index in [0.29, 0.717) is 6.54 Å². The van der Waals surface area contributed by atoms with Crippen molar-refractivity contribution in [3.05, 3.63) is 21.4 Å². The molecule has 1 aromatic rings. The Balaban J connectivity index is 2.52. The van der Waals surface area contributed by atoms with Crippen molar-refractivity contribution in [2.45, 2.75) is 59.0 Å². The van der Waals surface area contributed by atoms with E-state index in [0.717, 1.165) is 37.0 Å². The lowest BCUT2D eigenvalue weighted by Crippen LogP contribution is -2.24. The number of carbonyl (C=O) groups is 1. The van der Waals surface area contributed by atoms with Crippen molar-refractivity contribution in [3.8, 4) is 0 Å². The second kappa shape index (κ2) is 8.33. The number of hydrogen-bond donors (Lipinski definition) is 2. The van der Waals surface area contributed by atoms with Gasteiger partial charge in [0.05, 0.1) is 11.0 Å². The van der Waals surface area contributed by atoms with Crippen LogP contribution in [0.25, 0.3) is 0 Å². The average molecular weight is 283 g/mol. The Bertz CT molecular complexity index is 399. The highest BCUT2D eigenvalue weighted by Crippen LogP contribution is 2.24. The highest BCUT2D eigenvalue weighted by molar-refractivity contribution is 7.14. The smallest absolute Gasteiger partial charge is 0.261 e. The number of aryl methyl sites for hydroxylation is 2. The van der Waals surface area contributed by atoms with Crippen LogP contribution in [-0.2, 0) is 12.8 Å². The van der Waals surface area contributed by atoms with Gasteiger partial charge in [-0.05, 0) is 44.2 Å². The predicted octanol–water partition coefficient (Wildman–Crippen LogP) is 3.15. The Morgan fingerprint density at radius 1 is 1.47 bits per heavy atom. The monoisotopic (exact) mass is 283 g/mol. The maximum Gasteiger partial charge on any atom is 0.261 e. The summed E-state index contributed by atoms with van der Waals surface area (Å²) in [7, 11) is 0. The number of rotatable bonds is 8. The summed E-state index contributed by atoms with van der Waals surface area (Å²) in [6.07, 6.45) is 4.41. The van der Waals surface area contributed by atoms with Crippen LogP contribution in [0.1, 0.15) is 60.1 Å². The molecule has 1 aromatic heterocycles. The van der Waals surface area contributed by atoms with Crippen LogP contribution < -0.4 is 5.32 Å². The van der Waals surface area contributed by atoms with Gasteiger partial charge in [0, 0.05) is 11.4 Å². The van der Waals surface area contributed by atoms with Gasteiger partial charge in [-0.1, -0.05) is 20.3 Å². The average Bonchev–Trinajstić information content (AvgIpc) is 2.78. The predicted molar refractivity (Wildman–Crippen MR) is 80.9 cm³/mol. The molecule has 108 valence electrons. The zero-order valence-electron chi connectivity index (χ0n) is 12.2. The van der Waals surface area contributed by atoms with E-state index in [2.05, 4.69) is 19.2 Å². The largest absolute Gasteiger partial charge is 0.393 e. The third kappa shape index (κ3) is 5.33. The maximum atomic E-state index is 12.0. The number of hydrogen-bond acceptors (Lipinski definition) is 3. The minimum Gasteiger partial charge on any atom is -0.393 e. The Morgan fingerprint density at radius 3 is 2.79 bits per heavy atom. The summed E-state index contributed by atoms with van der Waals surface area (Å²) in [6, 6.07) is 2.03. The van der Waals surface area contributed by atoms with E-state index in [1.54, 1.807) is 18.3 Å². The fraction of sp³-hybridized carbons (Fsp3) is 0.667. The van der Waals surface area contributed by atoms with Gasteiger partial charge in [-0.15, -0.1) is 11.3 Å². The van der Waals surface area contributed by atoms with E-state index in [4.69, 9.17) is 5.11 Å². The van der Waals surface area contributed by atoms with Crippen LogP contribution in [0.3, 0.4) is 0 Å². The molecule has 0 aromatic carbocycles. The van der Waals surface area contributed by atoms with Crippen LogP contribution >= 0.6 is 11.3 Å². The van der Waals surface area contributed by atoms with Crippen molar-refractivity contribution < 1.29 is 9.90 Å². The van der Waals surface area contributed by atoms with Gasteiger partial charge < -0.3 is 10.4 Å². The number of nitrogens with one attached hydrogen (secondary N) is 1. The molecule has 1 atom stereocenters. The molecular formula is C15H25NO2S. The molecule has 0 bridgehead atoms. The van der Waals surface area contributed by atoms with Gasteiger partial charge in [0.15, 0.2) is 0 Å². The minimum atomic E-state index is -0.290. The first kappa shape index (κ1) is 16.2. The number of aliphatic hydroxyl groups is 1. The van der Waals surface area contributed by atoms with Crippen LogP contribution in [0.2, 0.25) is 0 Å². The number of thiophene rings is 1. The first-order chi connectivity index (χ1) is 9.08. The van der Waals surface area contributed by atoms with Gasteiger partial charge >= 0.3 is 0 Å². The molecule has 4 heteroatoms. The number of carbonyl (C=O) groups excluding carboxylic acids is 1. The molecule has 1 rings (SSSR count). The number of amides is 1. The first-order valence-corrected chi connectivity index (χ1v) is 7.97. The molecule has 2 N–H and O–H groups in total. The Kier molecular flexibility index (Phi) is 7.10. The normalized spacial score (nSPS) is 12.4. The Morgan fingerprint density at radius 2 is 2.21 bits per heavy atom. The molecular weight excluding hydrogens is 258 g/mol. The zero-order chi connectivity index (χ0) is 14.3. The fourth-order valence-electron chi connectivity index (χ4n) is 2.00. The van der Waals surface area contributed by atoms with Gasteiger partial charge in [0.25, 0.3) is 5.91 Å². The van der Waals surface area contributed by atoms with Crippen molar-refractivity contribution in [1.29, 1.82) is 0 Å². The molecule has 0 aliphatic carbocycles. The van der Waals surface area contributed by atoms with Crippen molar-refractivity contribution in [1.82, 2.24) is 5.32 Å². The second-order valence-corrected chi connectivity index (χ2v) is 6.05. The van der Waals surface area contributed by atoms with Crippen molar-refractivity contribution in [3.63, 3.8) is 0 Å². The lowest BCUT2D eigenvalue weighted by Gasteiger charge is -2.05. The molecule has 3 nitrogen and oxygen atoms in total. The molecule has 0 radical (unpaired) electrons. The highest BCUT2D eigenvalue weighted by Gasteiger charge is 2.12. The molecule has 1 heterocycles. The number of aliphatic hydroxyl groups excluding tert-OH is 1. The summed E-state index contributed by atoms with van der Waals surface area (Å²) < 4.78 is 0. The maximum absolute atomic E-state index is 12.0. The van der Waals surface area contributed by atoms with E-state index in [-0.39, 0.29) is 12.0 Å². The summed E-state index contributed by atoms with van der Waals surface area (Å²) in [5, 5.41) is 12.1. The van der Waals surface area contributed by atoms with Crippen LogP contribution in [0.5, 0.6) is 0 Å². The standard InChI is InChI=1S/C15H25NO2S/c1-4-7-13-12(5-2)10-14(19-13)15(18)16-9-6-8-11(3)17/h10-11,17H,4-9H2,1-3H3,(H,16,18). The lowest BCUT2D eigenvalue weighted by molar-refractivity contribution is 0.0953. The third-order valence-electron chi connectivity index (χ3n) is 3.06. The van der Waals surface area contributed by atoms with Gasteiger partial charge in [0.1, 0.15) is 0 Å². The highest BCUT2D eigenvalue weighted by atomic mass is 32.1. The SMILES string of the molecule is CCCc1sc(C(=O)NCCCC(C)O)cc1CC. The third-order valence-corrected chi connectivity index (χ3v) is 4.30. The summed E-state index contributed by atoms with van der Waals surface area (Å²) >= 11 is 1.62. The summed E-state index contributed by atoms with van der Waals surface area (Å²) in [5.74, 6) is 0.0210. The summed E-state index contributed by atoms with van der Waals surface area (Å²) in [5.41, 5.74) is 1.31.